The van der Waals surface area contributed by atoms with E-state index >= 15 is 0 Å². The number of benzene rings is 3. The van der Waals surface area contributed by atoms with Crippen LogP contribution in [0.15, 0.2) is 84.9 Å². The minimum absolute atomic E-state index is 0.160. The molecule has 0 unspecified atom stereocenters. The molecule has 1 aromatic heterocycles. The zero-order valence-corrected chi connectivity index (χ0v) is 17.5. The standard InChI is InChI=1S/C26H21N3O3/c1-2-32-26(31)19-13-15-20(16-14-19)29-24(18-11-7-4-8-12-18)21-22(17-9-5-3-6-10-17)27-28-23(21)25(29)30/h3-16,24H,2H2,1H3,(H,27,28)/t24-/m1/s1. The molecule has 0 spiro atoms. The second-order valence-corrected chi connectivity index (χ2v) is 7.48. The monoisotopic (exact) mass is 423 g/mol. The number of H-pyrrole nitrogens is 1. The molecule has 0 saturated carbocycles. The van der Waals surface area contributed by atoms with Gasteiger partial charge in [0.25, 0.3) is 5.91 Å². The van der Waals surface area contributed by atoms with Gasteiger partial charge in [0, 0.05) is 16.8 Å². The predicted octanol–water partition coefficient (Wildman–Crippen LogP) is 5.00. The van der Waals surface area contributed by atoms with Gasteiger partial charge in [-0.1, -0.05) is 60.7 Å². The van der Waals surface area contributed by atoms with Gasteiger partial charge in [-0.15, -0.1) is 0 Å². The number of aromatic nitrogens is 2. The second-order valence-electron chi connectivity index (χ2n) is 7.48. The molecule has 1 atom stereocenters. The van der Waals surface area contributed by atoms with Crippen molar-refractivity contribution in [3.8, 4) is 11.3 Å². The molecule has 0 saturated heterocycles. The van der Waals surface area contributed by atoms with Gasteiger partial charge in [-0.3, -0.25) is 14.8 Å². The number of hydrogen-bond acceptors (Lipinski definition) is 4. The highest BCUT2D eigenvalue weighted by molar-refractivity contribution is 6.11. The molecule has 1 amide bonds. The zero-order chi connectivity index (χ0) is 22.1. The summed E-state index contributed by atoms with van der Waals surface area (Å²) < 4.78 is 5.08. The maximum atomic E-state index is 13.5. The Labute approximate surface area is 185 Å². The summed E-state index contributed by atoms with van der Waals surface area (Å²) in [6.07, 6.45) is 0. The average molecular weight is 423 g/mol. The molecule has 2 heterocycles. The number of nitrogens with one attached hydrogen (secondary N) is 1. The maximum Gasteiger partial charge on any atom is 0.338 e. The van der Waals surface area contributed by atoms with Crippen LogP contribution in [0.25, 0.3) is 11.3 Å². The molecule has 6 heteroatoms. The molecular weight excluding hydrogens is 402 g/mol. The Morgan fingerprint density at radius 2 is 1.62 bits per heavy atom. The highest BCUT2D eigenvalue weighted by Gasteiger charge is 2.43. The van der Waals surface area contributed by atoms with Crippen molar-refractivity contribution in [3.63, 3.8) is 0 Å². The van der Waals surface area contributed by atoms with E-state index in [1.807, 2.05) is 60.7 Å². The molecule has 1 N–H and O–H groups in total. The van der Waals surface area contributed by atoms with E-state index in [-0.39, 0.29) is 17.9 Å². The fraction of sp³-hybridized carbons (Fsp3) is 0.115. The Morgan fingerprint density at radius 1 is 0.969 bits per heavy atom. The number of anilines is 1. The number of carbonyl (C=O) groups excluding carboxylic acids is 2. The van der Waals surface area contributed by atoms with E-state index in [0.29, 0.717) is 23.6 Å². The lowest BCUT2D eigenvalue weighted by molar-refractivity contribution is 0.0526. The van der Waals surface area contributed by atoms with Gasteiger partial charge >= 0.3 is 5.97 Å². The third kappa shape index (κ3) is 3.26. The van der Waals surface area contributed by atoms with Gasteiger partial charge in [-0.05, 0) is 36.8 Å². The Hall–Kier alpha value is -4.19. The first-order chi connectivity index (χ1) is 15.7. The quantitative estimate of drug-likeness (QED) is 0.458. The molecule has 3 aromatic carbocycles. The van der Waals surface area contributed by atoms with Crippen molar-refractivity contribution < 1.29 is 14.3 Å². The van der Waals surface area contributed by atoms with Crippen molar-refractivity contribution in [2.75, 3.05) is 11.5 Å². The van der Waals surface area contributed by atoms with Crippen molar-refractivity contribution in [1.29, 1.82) is 0 Å². The van der Waals surface area contributed by atoms with Crippen molar-refractivity contribution in [3.05, 3.63) is 107 Å². The van der Waals surface area contributed by atoms with Crippen LogP contribution in [0.5, 0.6) is 0 Å². The van der Waals surface area contributed by atoms with Crippen LogP contribution >= 0.6 is 0 Å². The molecule has 1 aliphatic rings. The molecule has 0 fully saturated rings. The number of esters is 1. The molecule has 6 nitrogen and oxygen atoms in total. The Bertz CT molecular complexity index is 1260. The minimum Gasteiger partial charge on any atom is -0.462 e. The first kappa shape index (κ1) is 19.8. The maximum absolute atomic E-state index is 13.5. The highest BCUT2D eigenvalue weighted by atomic mass is 16.5. The summed E-state index contributed by atoms with van der Waals surface area (Å²) in [6.45, 7) is 2.08. The van der Waals surface area contributed by atoms with Crippen LogP contribution < -0.4 is 4.90 Å². The molecular formula is C26H21N3O3. The van der Waals surface area contributed by atoms with Crippen LogP contribution in [-0.4, -0.2) is 28.7 Å². The van der Waals surface area contributed by atoms with E-state index in [9.17, 15) is 9.59 Å². The van der Waals surface area contributed by atoms with E-state index in [4.69, 9.17) is 4.74 Å². The van der Waals surface area contributed by atoms with Gasteiger partial charge < -0.3 is 4.74 Å². The van der Waals surface area contributed by atoms with E-state index in [2.05, 4.69) is 10.2 Å². The number of fused-ring (bicyclic) bond motifs is 1. The predicted molar refractivity (Wildman–Crippen MR) is 122 cm³/mol. The minimum atomic E-state index is -0.382. The third-order valence-corrected chi connectivity index (χ3v) is 5.59. The van der Waals surface area contributed by atoms with Crippen LogP contribution in [-0.2, 0) is 4.74 Å². The number of nitrogens with zero attached hydrogens (tertiary/aromatic N) is 2. The molecule has 158 valence electrons. The largest absolute Gasteiger partial charge is 0.462 e. The van der Waals surface area contributed by atoms with Crippen molar-refractivity contribution >= 4 is 17.6 Å². The van der Waals surface area contributed by atoms with Gasteiger partial charge in [0.1, 0.15) is 5.69 Å². The first-order valence-electron chi connectivity index (χ1n) is 10.5. The number of rotatable bonds is 5. The van der Waals surface area contributed by atoms with E-state index in [1.165, 1.54) is 0 Å². The molecule has 0 radical (unpaired) electrons. The van der Waals surface area contributed by atoms with Crippen LogP contribution in [0.4, 0.5) is 5.69 Å². The Kier molecular flexibility index (Phi) is 5.03. The zero-order valence-electron chi connectivity index (χ0n) is 17.5. The van der Waals surface area contributed by atoms with Crippen LogP contribution in [0, 0.1) is 0 Å². The van der Waals surface area contributed by atoms with Crippen LogP contribution in [0.3, 0.4) is 0 Å². The molecule has 32 heavy (non-hydrogen) atoms. The highest BCUT2D eigenvalue weighted by Crippen LogP contribution is 2.44. The SMILES string of the molecule is CCOC(=O)c1ccc(N2C(=O)c3[nH]nc(-c4ccccc4)c3[C@H]2c2ccccc2)cc1. The fourth-order valence-corrected chi connectivity index (χ4v) is 4.15. The molecule has 0 bridgehead atoms. The van der Waals surface area contributed by atoms with E-state index in [1.54, 1.807) is 36.1 Å². The van der Waals surface area contributed by atoms with Crippen LogP contribution in [0.2, 0.25) is 0 Å². The number of carbonyl (C=O) groups is 2. The lowest BCUT2D eigenvalue weighted by atomic mass is 9.96. The van der Waals surface area contributed by atoms with Gasteiger partial charge in [-0.25, -0.2) is 4.79 Å². The van der Waals surface area contributed by atoms with Crippen molar-refractivity contribution in [2.45, 2.75) is 13.0 Å². The topological polar surface area (TPSA) is 75.3 Å². The molecule has 1 aliphatic heterocycles. The van der Waals surface area contributed by atoms with E-state index < -0.39 is 0 Å². The molecule has 0 aliphatic carbocycles. The molecule has 4 aromatic rings. The number of amides is 1. The van der Waals surface area contributed by atoms with Gasteiger partial charge in [-0.2, -0.15) is 5.10 Å². The normalized spacial score (nSPS) is 15.0. The summed E-state index contributed by atoms with van der Waals surface area (Å²) in [5.74, 6) is -0.542. The summed E-state index contributed by atoms with van der Waals surface area (Å²) >= 11 is 0. The number of ether oxygens (including phenoxy) is 1. The number of hydrogen-bond donors (Lipinski definition) is 1. The summed E-state index contributed by atoms with van der Waals surface area (Å²) in [5.41, 5.74) is 5.15. The average Bonchev–Trinajstić information content (AvgIpc) is 3.39. The van der Waals surface area contributed by atoms with Gasteiger partial charge in [0.2, 0.25) is 0 Å². The summed E-state index contributed by atoms with van der Waals surface area (Å²) in [6, 6.07) is 26.3. The lowest BCUT2D eigenvalue weighted by Crippen LogP contribution is -2.29. The third-order valence-electron chi connectivity index (χ3n) is 5.59. The Balaban J connectivity index is 1.62. The summed E-state index contributed by atoms with van der Waals surface area (Å²) in [5, 5.41) is 7.45. The second kappa shape index (κ2) is 8.15. The summed E-state index contributed by atoms with van der Waals surface area (Å²) in [7, 11) is 0. The van der Waals surface area contributed by atoms with Crippen molar-refractivity contribution in [2.24, 2.45) is 0 Å². The van der Waals surface area contributed by atoms with E-state index in [0.717, 1.165) is 22.4 Å². The summed E-state index contributed by atoms with van der Waals surface area (Å²) in [4.78, 5) is 27.3. The smallest absolute Gasteiger partial charge is 0.338 e. The van der Waals surface area contributed by atoms with Gasteiger partial charge in [0.15, 0.2) is 0 Å². The lowest BCUT2D eigenvalue weighted by Gasteiger charge is -2.26. The van der Waals surface area contributed by atoms with Gasteiger partial charge in [0.05, 0.1) is 23.9 Å². The molecule has 5 rings (SSSR count). The first-order valence-corrected chi connectivity index (χ1v) is 10.5. The fourth-order valence-electron chi connectivity index (χ4n) is 4.15. The van der Waals surface area contributed by atoms with Crippen LogP contribution in [0.1, 0.15) is 44.9 Å². The van der Waals surface area contributed by atoms with Crippen molar-refractivity contribution in [1.82, 2.24) is 10.2 Å². The number of aromatic amines is 1. The Morgan fingerprint density at radius 3 is 2.28 bits per heavy atom.